The Morgan fingerprint density at radius 1 is 1.00 bits per heavy atom. The lowest BCUT2D eigenvalue weighted by molar-refractivity contribution is 0.238. The third kappa shape index (κ3) is 7.90. The molecule has 8 nitrogen and oxygen atoms in total. The fourth-order valence-corrected chi connectivity index (χ4v) is 6.15. The van der Waals surface area contributed by atoms with Crippen LogP contribution in [0.25, 0.3) is 0 Å². The van der Waals surface area contributed by atoms with Crippen LogP contribution in [0.4, 0.5) is 23.1 Å². The summed E-state index contributed by atoms with van der Waals surface area (Å²) >= 11 is 0. The minimum atomic E-state index is -3.40. The predicted molar refractivity (Wildman–Crippen MR) is 149 cm³/mol. The van der Waals surface area contributed by atoms with E-state index in [1.807, 2.05) is 58.0 Å². The van der Waals surface area contributed by atoms with Crippen LogP contribution in [-0.2, 0) is 9.84 Å². The van der Waals surface area contributed by atoms with Crippen LogP contribution in [0, 0.1) is 12.3 Å². The number of likely N-dealkylation sites (tertiary alicyclic amines) is 1. The van der Waals surface area contributed by atoms with Gasteiger partial charge in [-0.15, -0.1) is 0 Å². The summed E-state index contributed by atoms with van der Waals surface area (Å²) in [7, 11) is -3.40. The number of rotatable bonds is 10. The van der Waals surface area contributed by atoms with Crippen LogP contribution in [0.5, 0.6) is 5.75 Å². The molecule has 0 bridgehead atoms. The van der Waals surface area contributed by atoms with E-state index in [2.05, 4.69) is 25.5 Å². The number of hydrogen-bond acceptors (Lipinski definition) is 8. The molecule has 0 saturated carbocycles. The molecule has 3 aromatic rings. The molecule has 2 heterocycles. The molecule has 2 aromatic carbocycles. The Bertz CT molecular complexity index is 1300. The largest absolute Gasteiger partial charge is 0.492 e. The Morgan fingerprint density at radius 3 is 2.43 bits per heavy atom. The van der Waals surface area contributed by atoms with Crippen molar-refractivity contribution in [3.8, 4) is 5.75 Å². The van der Waals surface area contributed by atoms with Crippen LogP contribution in [0.1, 0.15) is 39.2 Å². The van der Waals surface area contributed by atoms with Gasteiger partial charge in [0.05, 0.1) is 10.6 Å². The maximum atomic E-state index is 12.8. The molecule has 1 fully saturated rings. The van der Waals surface area contributed by atoms with Gasteiger partial charge in [-0.25, -0.2) is 13.4 Å². The van der Waals surface area contributed by atoms with Gasteiger partial charge in [0.2, 0.25) is 5.95 Å². The number of aryl methyl sites for hydroxylation is 1. The van der Waals surface area contributed by atoms with E-state index in [4.69, 9.17) is 4.74 Å². The first-order chi connectivity index (χ1) is 17.6. The zero-order valence-electron chi connectivity index (χ0n) is 22.1. The predicted octanol–water partition coefficient (Wildman–Crippen LogP) is 5.57. The van der Waals surface area contributed by atoms with Crippen molar-refractivity contribution in [2.75, 3.05) is 42.6 Å². The van der Waals surface area contributed by atoms with Gasteiger partial charge in [-0.2, -0.15) is 4.98 Å². The van der Waals surface area contributed by atoms with Crippen LogP contribution in [0.15, 0.2) is 59.6 Å². The van der Waals surface area contributed by atoms with E-state index in [0.717, 1.165) is 23.5 Å². The second kappa shape index (κ2) is 11.5. The van der Waals surface area contributed by atoms with Crippen molar-refractivity contribution >= 4 is 33.0 Å². The average molecular weight is 524 g/mol. The van der Waals surface area contributed by atoms with Crippen molar-refractivity contribution in [3.05, 3.63) is 60.3 Å². The fraction of sp³-hybridized carbons (Fsp3) is 0.429. The van der Waals surface area contributed by atoms with Crippen LogP contribution < -0.4 is 15.4 Å². The molecule has 0 spiro atoms. The van der Waals surface area contributed by atoms with Gasteiger partial charge >= 0.3 is 0 Å². The Labute approximate surface area is 220 Å². The van der Waals surface area contributed by atoms with Gasteiger partial charge in [-0.3, -0.25) is 4.90 Å². The van der Waals surface area contributed by atoms with Crippen molar-refractivity contribution in [2.45, 2.75) is 45.4 Å². The quantitative estimate of drug-likeness (QED) is 0.356. The molecule has 0 aliphatic carbocycles. The van der Waals surface area contributed by atoms with Gasteiger partial charge in [-0.1, -0.05) is 26.8 Å². The minimum absolute atomic E-state index is 0.0757. The lowest BCUT2D eigenvalue weighted by atomic mass is 10.0. The van der Waals surface area contributed by atoms with Crippen LogP contribution >= 0.6 is 0 Å². The molecule has 9 heteroatoms. The highest BCUT2D eigenvalue weighted by Gasteiger charge is 2.23. The monoisotopic (exact) mass is 523 g/mol. The van der Waals surface area contributed by atoms with Crippen LogP contribution in [-0.4, -0.2) is 55.3 Å². The highest BCUT2D eigenvalue weighted by molar-refractivity contribution is 7.91. The Balaban J connectivity index is 1.39. The first-order valence-corrected chi connectivity index (χ1v) is 14.4. The van der Waals surface area contributed by atoms with Crippen LogP contribution in [0.2, 0.25) is 0 Å². The summed E-state index contributed by atoms with van der Waals surface area (Å²) < 4.78 is 31.6. The number of anilines is 4. The van der Waals surface area contributed by atoms with E-state index in [1.165, 1.54) is 25.9 Å². The molecule has 1 saturated heterocycles. The minimum Gasteiger partial charge on any atom is -0.492 e. The summed E-state index contributed by atoms with van der Waals surface area (Å²) in [6.45, 7) is 11.6. The van der Waals surface area contributed by atoms with Crippen molar-refractivity contribution in [3.63, 3.8) is 0 Å². The number of nitrogens with one attached hydrogen (secondary N) is 2. The summed E-state index contributed by atoms with van der Waals surface area (Å²) in [4.78, 5) is 11.7. The summed E-state index contributed by atoms with van der Waals surface area (Å²) in [5.74, 6) is 1.95. The molecular weight excluding hydrogens is 486 g/mol. The van der Waals surface area contributed by atoms with Crippen molar-refractivity contribution < 1.29 is 13.2 Å². The highest BCUT2D eigenvalue weighted by Crippen LogP contribution is 2.26. The van der Waals surface area contributed by atoms with Crippen molar-refractivity contribution in [2.24, 2.45) is 5.41 Å². The number of aromatic nitrogens is 2. The van der Waals surface area contributed by atoms with Crippen molar-refractivity contribution in [1.82, 2.24) is 14.9 Å². The van der Waals surface area contributed by atoms with Gasteiger partial charge in [0.25, 0.3) is 0 Å². The smallest absolute Gasteiger partial charge is 0.229 e. The normalized spacial score (nSPS) is 14.5. The molecule has 1 aromatic heterocycles. The second-order valence-electron chi connectivity index (χ2n) is 10.7. The van der Waals surface area contributed by atoms with E-state index < -0.39 is 9.84 Å². The molecule has 1 aliphatic heterocycles. The summed E-state index contributed by atoms with van der Waals surface area (Å²) in [5.41, 5.74) is 2.01. The number of nitrogens with zero attached hydrogens (tertiary/aromatic N) is 3. The van der Waals surface area contributed by atoms with Crippen molar-refractivity contribution in [1.29, 1.82) is 0 Å². The van der Waals surface area contributed by atoms with E-state index in [-0.39, 0.29) is 11.2 Å². The zero-order valence-corrected chi connectivity index (χ0v) is 22.9. The highest BCUT2D eigenvalue weighted by atomic mass is 32.2. The first-order valence-electron chi connectivity index (χ1n) is 12.7. The maximum absolute atomic E-state index is 12.8. The lowest BCUT2D eigenvalue weighted by Crippen LogP contribution is -2.25. The molecule has 0 amide bonds. The zero-order chi connectivity index (χ0) is 26.5. The Morgan fingerprint density at radius 2 is 1.73 bits per heavy atom. The van der Waals surface area contributed by atoms with Gasteiger partial charge in [0, 0.05) is 29.7 Å². The van der Waals surface area contributed by atoms with E-state index in [9.17, 15) is 8.42 Å². The molecular formula is C28H37N5O3S. The lowest BCUT2D eigenvalue weighted by Gasteiger charge is -2.18. The number of hydrogen-bond donors (Lipinski definition) is 2. The summed E-state index contributed by atoms with van der Waals surface area (Å²) in [6.07, 6.45) is 4.29. The molecule has 4 rings (SSSR count). The molecule has 0 atom stereocenters. The third-order valence-corrected chi connectivity index (χ3v) is 8.25. The standard InChI is InChI=1S/C28H37N5O3S/c1-21-19-29-27(31-22-10-12-24(13-11-22)36-17-16-33-14-5-6-15-33)32-26(21)30-23-8-7-9-25(18-23)37(34,35)20-28(2,3)4/h7-13,18-19H,5-6,14-17,20H2,1-4H3,(H2,29,30,31,32). The third-order valence-electron chi connectivity index (χ3n) is 6.04. The average Bonchev–Trinajstić information content (AvgIpc) is 3.35. The van der Waals surface area contributed by atoms with Gasteiger partial charge in [0.15, 0.2) is 9.84 Å². The molecule has 0 radical (unpaired) electrons. The molecule has 37 heavy (non-hydrogen) atoms. The maximum Gasteiger partial charge on any atom is 0.229 e. The Hall–Kier alpha value is -3.17. The Kier molecular flexibility index (Phi) is 8.34. The number of benzene rings is 2. The number of sulfone groups is 1. The van der Waals surface area contributed by atoms with Gasteiger partial charge < -0.3 is 15.4 Å². The summed E-state index contributed by atoms with van der Waals surface area (Å²) in [5, 5.41) is 6.47. The molecule has 1 aliphatic rings. The molecule has 198 valence electrons. The van der Waals surface area contributed by atoms with E-state index >= 15 is 0 Å². The summed E-state index contributed by atoms with van der Waals surface area (Å²) in [6, 6.07) is 14.6. The second-order valence-corrected chi connectivity index (χ2v) is 12.7. The topological polar surface area (TPSA) is 96.5 Å². The number of ether oxygens (including phenoxy) is 1. The van der Waals surface area contributed by atoms with Gasteiger partial charge in [0.1, 0.15) is 18.2 Å². The van der Waals surface area contributed by atoms with E-state index in [1.54, 1.807) is 24.4 Å². The SMILES string of the molecule is Cc1cnc(Nc2ccc(OCCN3CCCC3)cc2)nc1Nc1cccc(S(=O)(=O)CC(C)(C)C)c1. The van der Waals surface area contributed by atoms with E-state index in [0.29, 0.717) is 29.0 Å². The fourth-order valence-electron chi connectivity index (χ4n) is 4.25. The van der Waals surface area contributed by atoms with Crippen LogP contribution in [0.3, 0.4) is 0 Å². The first kappa shape index (κ1) is 26.9. The van der Waals surface area contributed by atoms with Gasteiger partial charge in [-0.05, 0) is 80.7 Å². The molecule has 2 N–H and O–H groups in total. The molecule has 0 unspecified atom stereocenters.